The van der Waals surface area contributed by atoms with Gasteiger partial charge in [-0.3, -0.25) is 4.90 Å². The average molecular weight is 197 g/mol. The maximum atomic E-state index is 5.42. The standard InChI is InChI=1S/C10H15NOS/c1-9-2-5-12-10(9)8-11-3-6-13-7-4-11/h2,5H,3-4,6-8H2,1H3. The van der Waals surface area contributed by atoms with E-state index in [0.29, 0.717) is 0 Å². The van der Waals surface area contributed by atoms with Crippen LogP contribution in [0.1, 0.15) is 11.3 Å². The van der Waals surface area contributed by atoms with E-state index in [4.69, 9.17) is 4.42 Å². The van der Waals surface area contributed by atoms with Crippen LogP contribution in [0.25, 0.3) is 0 Å². The quantitative estimate of drug-likeness (QED) is 0.722. The van der Waals surface area contributed by atoms with Crippen molar-refractivity contribution < 1.29 is 4.42 Å². The normalized spacial score (nSPS) is 19.2. The van der Waals surface area contributed by atoms with Crippen molar-refractivity contribution in [2.24, 2.45) is 0 Å². The third-order valence-electron chi connectivity index (χ3n) is 2.44. The van der Waals surface area contributed by atoms with E-state index < -0.39 is 0 Å². The van der Waals surface area contributed by atoms with E-state index in [1.807, 2.05) is 17.8 Å². The molecule has 0 aromatic carbocycles. The summed E-state index contributed by atoms with van der Waals surface area (Å²) in [7, 11) is 0. The summed E-state index contributed by atoms with van der Waals surface area (Å²) in [6.07, 6.45) is 1.78. The molecule has 2 heterocycles. The molecule has 0 aliphatic carbocycles. The first-order chi connectivity index (χ1) is 6.36. The van der Waals surface area contributed by atoms with E-state index in [-0.39, 0.29) is 0 Å². The van der Waals surface area contributed by atoms with Crippen molar-refractivity contribution in [3.05, 3.63) is 23.7 Å². The van der Waals surface area contributed by atoms with Gasteiger partial charge in [-0.15, -0.1) is 0 Å². The highest BCUT2D eigenvalue weighted by Crippen LogP contribution is 2.15. The van der Waals surface area contributed by atoms with Crippen molar-refractivity contribution >= 4 is 11.8 Å². The van der Waals surface area contributed by atoms with Crippen LogP contribution < -0.4 is 0 Å². The molecule has 1 aromatic heterocycles. The van der Waals surface area contributed by atoms with E-state index in [9.17, 15) is 0 Å². The molecule has 0 atom stereocenters. The SMILES string of the molecule is Cc1ccoc1CN1CCSCC1. The summed E-state index contributed by atoms with van der Waals surface area (Å²) in [5, 5.41) is 0. The molecular weight excluding hydrogens is 182 g/mol. The molecule has 0 N–H and O–H groups in total. The smallest absolute Gasteiger partial charge is 0.120 e. The zero-order valence-corrected chi connectivity index (χ0v) is 8.77. The molecule has 0 radical (unpaired) electrons. The Morgan fingerprint density at radius 3 is 2.85 bits per heavy atom. The van der Waals surface area contributed by atoms with Crippen molar-refractivity contribution in [1.29, 1.82) is 0 Å². The third kappa shape index (κ3) is 2.29. The van der Waals surface area contributed by atoms with Gasteiger partial charge in [-0.05, 0) is 18.6 Å². The number of furan rings is 1. The fraction of sp³-hybridized carbons (Fsp3) is 0.600. The summed E-state index contributed by atoms with van der Waals surface area (Å²) in [4.78, 5) is 2.46. The molecule has 1 aliphatic heterocycles. The molecule has 2 nitrogen and oxygen atoms in total. The van der Waals surface area contributed by atoms with Gasteiger partial charge in [0, 0.05) is 24.6 Å². The van der Waals surface area contributed by atoms with Gasteiger partial charge >= 0.3 is 0 Å². The van der Waals surface area contributed by atoms with Crippen molar-refractivity contribution in [3.8, 4) is 0 Å². The van der Waals surface area contributed by atoms with Crippen LogP contribution in [0.5, 0.6) is 0 Å². The molecule has 0 saturated carbocycles. The molecule has 0 spiro atoms. The molecular formula is C10H15NOS. The first-order valence-corrected chi connectivity index (χ1v) is 5.85. The van der Waals surface area contributed by atoms with Gasteiger partial charge in [0.15, 0.2) is 0 Å². The van der Waals surface area contributed by atoms with Crippen molar-refractivity contribution in [2.75, 3.05) is 24.6 Å². The first kappa shape index (κ1) is 9.16. The average Bonchev–Trinajstić information content (AvgIpc) is 2.54. The Balaban J connectivity index is 1.93. The molecule has 2 rings (SSSR count). The van der Waals surface area contributed by atoms with E-state index in [0.717, 1.165) is 12.3 Å². The zero-order valence-electron chi connectivity index (χ0n) is 7.95. The van der Waals surface area contributed by atoms with Gasteiger partial charge in [0.05, 0.1) is 12.8 Å². The Morgan fingerprint density at radius 2 is 2.23 bits per heavy atom. The summed E-state index contributed by atoms with van der Waals surface area (Å²) in [5.41, 5.74) is 1.28. The maximum Gasteiger partial charge on any atom is 0.120 e. The van der Waals surface area contributed by atoms with E-state index in [2.05, 4.69) is 11.8 Å². The van der Waals surface area contributed by atoms with Crippen LogP contribution >= 0.6 is 11.8 Å². The fourth-order valence-electron chi connectivity index (χ4n) is 1.53. The van der Waals surface area contributed by atoms with Gasteiger partial charge in [0.25, 0.3) is 0 Å². The molecule has 1 saturated heterocycles. The molecule has 0 unspecified atom stereocenters. The first-order valence-electron chi connectivity index (χ1n) is 4.69. The lowest BCUT2D eigenvalue weighted by Crippen LogP contribution is -2.31. The summed E-state index contributed by atoms with van der Waals surface area (Å²) in [6, 6.07) is 2.04. The number of hydrogen-bond donors (Lipinski definition) is 0. The Morgan fingerprint density at radius 1 is 1.46 bits per heavy atom. The molecule has 0 bridgehead atoms. The van der Waals surface area contributed by atoms with E-state index >= 15 is 0 Å². The molecule has 1 fully saturated rings. The van der Waals surface area contributed by atoms with Crippen LogP contribution in [0.4, 0.5) is 0 Å². The Bertz CT molecular complexity index is 266. The van der Waals surface area contributed by atoms with Crippen LogP contribution in [0.3, 0.4) is 0 Å². The molecule has 72 valence electrons. The second-order valence-corrected chi connectivity index (χ2v) is 4.64. The number of rotatable bonds is 2. The predicted molar refractivity (Wildman–Crippen MR) is 56.0 cm³/mol. The minimum Gasteiger partial charge on any atom is -0.468 e. The highest BCUT2D eigenvalue weighted by Gasteiger charge is 2.12. The Hall–Kier alpha value is -0.410. The predicted octanol–water partition coefficient (Wildman–Crippen LogP) is 2.14. The minimum absolute atomic E-state index is 0.986. The van der Waals surface area contributed by atoms with Crippen LogP contribution in [0.2, 0.25) is 0 Å². The monoisotopic (exact) mass is 197 g/mol. The largest absolute Gasteiger partial charge is 0.468 e. The maximum absolute atomic E-state index is 5.42. The topological polar surface area (TPSA) is 16.4 Å². The molecule has 1 aliphatic rings. The lowest BCUT2D eigenvalue weighted by molar-refractivity contribution is 0.267. The van der Waals surface area contributed by atoms with Crippen LogP contribution in [0.15, 0.2) is 16.7 Å². The fourth-order valence-corrected chi connectivity index (χ4v) is 2.51. The Kier molecular flexibility index (Phi) is 2.96. The number of hydrogen-bond acceptors (Lipinski definition) is 3. The summed E-state index contributed by atoms with van der Waals surface area (Å²) in [5.74, 6) is 3.66. The van der Waals surface area contributed by atoms with Gasteiger partial charge in [-0.1, -0.05) is 0 Å². The van der Waals surface area contributed by atoms with Crippen molar-refractivity contribution in [3.63, 3.8) is 0 Å². The summed E-state index contributed by atoms with van der Waals surface area (Å²) >= 11 is 2.04. The van der Waals surface area contributed by atoms with E-state index in [1.54, 1.807) is 6.26 Å². The molecule has 0 amide bonds. The highest BCUT2D eigenvalue weighted by atomic mass is 32.2. The second-order valence-electron chi connectivity index (χ2n) is 3.42. The Labute approximate surface area is 83.3 Å². The van der Waals surface area contributed by atoms with Crippen molar-refractivity contribution in [2.45, 2.75) is 13.5 Å². The van der Waals surface area contributed by atoms with Crippen LogP contribution in [-0.4, -0.2) is 29.5 Å². The van der Waals surface area contributed by atoms with E-state index in [1.165, 1.54) is 30.2 Å². The van der Waals surface area contributed by atoms with Crippen LogP contribution in [-0.2, 0) is 6.54 Å². The molecule has 13 heavy (non-hydrogen) atoms. The third-order valence-corrected chi connectivity index (χ3v) is 3.38. The minimum atomic E-state index is 0.986. The van der Waals surface area contributed by atoms with Gasteiger partial charge < -0.3 is 4.42 Å². The molecule has 3 heteroatoms. The lowest BCUT2D eigenvalue weighted by atomic mass is 10.2. The number of thioether (sulfide) groups is 1. The highest BCUT2D eigenvalue weighted by molar-refractivity contribution is 7.99. The second kappa shape index (κ2) is 4.20. The van der Waals surface area contributed by atoms with Gasteiger partial charge in [-0.25, -0.2) is 0 Å². The van der Waals surface area contributed by atoms with Gasteiger partial charge in [0.1, 0.15) is 5.76 Å². The number of aryl methyl sites for hydroxylation is 1. The summed E-state index contributed by atoms with van der Waals surface area (Å²) in [6.45, 7) is 5.49. The van der Waals surface area contributed by atoms with Gasteiger partial charge in [-0.2, -0.15) is 11.8 Å². The zero-order chi connectivity index (χ0) is 9.10. The number of nitrogens with zero attached hydrogens (tertiary/aromatic N) is 1. The van der Waals surface area contributed by atoms with Gasteiger partial charge in [0.2, 0.25) is 0 Å². The molecule has 1 aromatic rings. The lowest BCUT2D eigenvalue weighted by Gasteiger charge is -2.25. The van der Waals surface area contributed by atoms with Crippen LogP contribution in [0, 0.1) is 6.92 Å². The summed E-state index contributed by atoms with van der Waals surface area (Å²) < 4.78 is 5.42. The van der Waals surface area contributed by atoms with Crippen molar-refractivity contribution in [1.82, 2.24) is 4.90 Å².